The van der Waals surface area contributed by atoms with Crippen molar-refractivity contribution >= 4 is 27.3 Å². The molecule has 2 saturated heterocycles. The SMILES string of the molecule is CS(=O)(=O)CCCC(=O)N1CCN(C2CCCN(c3ccccc3)C2=O)CC1. The van der Waals surface area contributed by atoms with Crippen molar-refractivity contribution in [2.45, 2.75) is 31.7 Å². The van der Waals surface area contributed by atoms with Crippen LogP contribution in [0.4, 0.5) is 5.69 Å². The Morgan fingerprint density at radius 2 is 1.75 bits per heavy atom. The second kappa shape index (κ2) is 9.05. The van der Waals surface area contributed by atoms with Crippen molar-refractivity contribution in [3.63, 3.8) is 0 Å². The van der Waals surface area contributed by atoms with Crippen molar-refractivity contribution in [3.8, 4) is 0 Å². The molecule has 2 amide bonds. The van der Waals surface area contributed by atoms with Gasteiger partial charge in [-0.25, -0.2) is 8.42 Å². The molecule has 2 fully saturated rings. The van der Waals surface area contributed by atoms with Gasteiger partial charge in [-0.15, -0.1) is 0 Å². The molecule has 0 N–H and O–H groups in total. The van der Waals surface area contributed by atoms with Gasteiger partial charge in [-0.2, -0.15) is 0 Å². The smallest absolute Gasteiger partial charge is 0.244 e. The Bertz CT molecular complexity index is 789. The third-order valence-electron chi connectivity index (χ3n) is 5.49. The van der Waals surface area contributed by atoms with Gasteiger partial charge >= 0.3 is 0 Å². The van der Waals surface area contributed by atoms with Crippen LogP contribution in [0.25, 0.3) is 0 Å². The molecule has 0 aromatic heterocycles. The fraction of sp³-hybridized carbons (Fsp3) is 0.600. The van der Waals surface area contributed by atoms with E-state index in [2.05, 4.69) is 4.90 Å². The zero-order chi connectivity index (χ0) is 20.1. The van der Waals surface area contributed by atoms with Crippen LogP contribution in [0, 0.1) is 0 Å². The standard InChI is InChI=1S/C20H29N3O4S/c1-28(26,27)16-6-10-19(24)22-14-12-21(13-15-22)18-9-5-11-23(20(18)25)17-7-3-2-4-8-17/h2-4,7-8,18H,5-6,9-16H2,1H3. The topological polar surface area (TPSA) is 78.0 Å². The molecule has 28 heavy (non-hydrogen) atoms. The number of benzene rings is 1. The van der Waals surface area contributed by atoms with Crippen LogP contribution in [0.15, 0.2) is 30.3 Å². The van der Waals surface area contributed by atoms with Crippen LogP contribution in [-0.4, -0.2) is 80.8 Å². The molecule has 2 aliphatic rings. The maximum Gasteiger partial charge on any atom is 0.244 e. The summed E-state index contributed by atoms with van der Waals surface area (Å²) < 4.78 is 22.4. The molecule has 0 saturated carbocycles. The Balaban J connectivity index is 1.51. The van der Waals surface area contributed by atoms with Crippen LogP contribution in [0.1, 0.15) is 25.7 Å². The highest BCUT2D eigenvalue weighted by molar-refractivity contribution is 7.90. The molecule has 1 aromatic rings. The highest BCUT2D eigenvalue weighted by Gasteiger charge is 2.35. The number of nitrogens with zero attached hydrogens (tertiary/aromatic N) is 3. The Morgan fingerprint density at radius 3 is 2.39 bits per heavy atom. The highest BCUT2D eigenvalue weighted by Crippen LogP contribution is 2.24. The number of anilines is 1. The first-order valence-corrected chi connectivity index (χ1v) is 12.0. The molecule has 7 nitrogen and oxygen atoms in total. The van der Waals surface area contributed by atoms with Gasteiger partial charge in [0.05, 0.1) is 11.8 Å². The fourth-order valence-electron chi connectivity index (χ4n) is 3.99. The summed E-state index contributed by atoms with van der Waals surface area (Å²) in [6.07, 6.45) is 3.64. The van der Waals surface area contributed by atoms with Crippen molar-refractivity contribution in [2.24, 2.45) is 0 Å². The minimum absolute atomic E-state index is 0.00387. The van der Waals surface area contributed by atoms with E-state index in [9.17, 15) is 18.0 Å². The van der Waals surface area contributed by atoms with E-state index in [0.717, 1.165) is 25.1 Å². The lowest BCUT2D eigenvalue weighted by atomic mass is 10.0. The van der Waals surface area contributed by atoms with E-state index in [4.69, 9.17) is 0 Å². The molecule has 1 aromatic carbocycles. The van der Waals surface area contributed by atoms with Gasteiger partial charge in [-0.3, -0.25) is 14.5 Å². The van der Waals surface area contributed by atoms with Crippen molar-refractivity contribution in [2.75, 3.05) is 49.6 Å². The number of carbonyl (C=O) groups excluding carboxylic acids is 2. The maximum absolute atomic E-state index is 13.0. The monoisotopic (exact) mass is 407 g/mol. The number of piperazine rings is 1. The summed E-state index contributed by atoms with van der Waals surface area (Å²) in [5, 5.41) is 0. The van der Waals surface area contributed by atoms with Gasteiger partial charge in [0, 0.05) is 51.1 Å². The molecular weight excluding hydrogens is 378 g/mol. The maximum atomic E-state index is 13.0. The van der Waals surface area contributed by atoms with E-state index in [1.807, 2.05) is 35.2 Å². The third-order valence-corrected chi connectivity index (χ3v) is 6.52. The number of hydrogen-bond acceptors (Lipinski definition) is 5. The summed E-state index contributed by atoms with van der Waals surface area (Å²) >= 11 is 0. The normalized spacial score (nSPS) is 21.8. The molecule has 2 heterocycles. The lowest BCUT2D eigenvalue weighted by molar-refractivity contribution is -0.134. The largest absolute Gasteiger partial charge is 0.340 e. The average Bonchev–Trinajstić information content (AvgIpc) is 2.68. The fourth-order valence-corrected chi connectivity index (χ4v) is 4.65. The van der Waals surface area contributed by atoms with E-state index < -0.39 is 9.84 Å². The van der Waals surface area contributed by atoms with Gasteiger partial charge in [0.2, 0.25) is 11.8 Å². The van der Waals surface area contributed by atoms with Gasteiger partial charge in [-0.05, 0) is 31.4 Å². The molecule has 0 spiro atoms. The first kappa shape index (κ1) is 20.8. The number of para-hydroxylation sites is 1. The molecular formula is C20H29N3O4S. The van der Waals surface area contributed by atoms with Gasteiger partial charge in [0.25, 0.3) is 0 Å². The highest BCUT2D eigenvalue weighted by atomic mass is 32.2. The third kappa shape index (κ3) is 5.32. The number of hydrogen-bond donors (Lipinski definition) is 0. The van der Waals surface area contributed by atoms with Gasteiger partial charge in [0.1, 0.15) is 9.84 Å². The van der Waals surface area contributed by atoms with Gasteiger partial charge < -0.3 is 9.80 Å². The van der Waals surface area contributed by atoms with Crippen molar-refractivity contribution in [3.05, 3.63) is 30.3 Å². The molecule has 0 radical (unpaired) electrons. The Kier molecular flexibility index (Phi) is 6.72. The summed E-state index contributed by atoms with van der Waals surface area (Å²) in [5.41, 5.74) is 0.942. The summed E-state index contributed by atoms with van der Waals surface area (Å²) in [6.45, 7) is 3.28. The number of sulfone groups is 1. The summed E-state index contributed by atoms with van der Waals surface area (Å²) in [7, 11) is -3.03. The van der Waals surface area contributed by atoms with Crippen LogP contribution in [0.2, 0.25) is 0 Å². The van der Waals surface area contributed by atoms with E-state index >= 15 is 0 Å². The van der Waals surface area contributed by atoms with Crippen LogP contribution >= 0.6 is 0 Å². The summed E-state index contributed by atoms with van der Waals surface area (Å²) in [4.78, 5) is 31.2. The van der Waals surface area contributed by atoms with Crippen LogP contribution in [0.3, 0.4) is 0 Å². The van der Waals surface area contributed by atoms with Gasteiger partial charge in [-0.1, -0.05) is 18.2 Å². The first-order chi connectivity index (χ1) is 13.3. The van der Waals surface area contributed by atoms with E-state index in [-0.39, 0.29) is 30.0 Å². The molecule has 1 unspecified atom stereocenters. The molecule has 1 atom stereocenters. The second-order valence-corrected chi connectivity index (χ2v) is 9.89. The van der Waals surface area contributed by atoms with Crippen molar-refractivity contribution < 1.29 is 18.0 Å². The van der Waals surface area contributed by atoms with Crippen LogP contribution < -0.4 is 4.90 Å². The van der Waals surface area contributed by atoms with Crippen LogP contribution in [-0.2, 0) is 19.4 Å². The number of rotatable bonds is 6. The molecule has 154 valence electrons. The molecule has 3 rings (SSSR count). The van der Waals surface area contributed by atoms with Gasteiger partial charge in [0.15, 0.2) is 0 Å². The Labute approximate surface area is 167 Å². The molecule has 8 heteroatoms. The Hall–Kier alpha value is -1.93. The van der Waals surface area contributed by atoms with Crippen molar-refractivity contribution in [1.82, 2.24) is 9.80 Å². The lowest BCUT2D eigenvalue weighted by Gasteiger charge is -2.42. The van der Waals surface area contributed by atoms with Crippen molar-refractivity contribution in [1.29, 1.82) is 0 Å². The minimum Gasteiger partial charge on any atom is -0.340 e. The Morgan fingerprint density at radius 1 is 1.07 bits per heavy atom. The predicted molar refractivity (Wildman–Crippen MR) is 109 cm³/mol. The number of piperidine rings is 1. The molecule has 0 bridgehead atoms. The van der Waals surface area contributed by atoms with E-state index in [1.54, 1.807) is 4.90 Å². The average molecular weight is 408 g/mol. The zero-order valence-electron chi connectivity index (χ0n) is 16.4. The van der Waals surface area contributed by atoms with Crippen LogP contribution in [0.5, 0.6) is 0 Å². The predicted octanol–water partition coefficient (Wildman–Crippen LogP) is 1.15. The first-order valence-electron chi connectivity index (χ1n) is 9.91. The zero-order valence-corrected chi connectivity index (χ0v) is 17.2. The summed E-state index contributed by atoms with van der Waals surface area (Å²) in [5.74, 6) is 0.194. The quantitative estimate of drug-likeness (QED) is 0.707. The lowest BCUT2D eigenvalue weighted by Crippen LogP contribution is -2.58. The summed E-state index contributed by atoms with van der Waals surface area (Å²) in [6, 6.07) is 9.64. The minimum atomic E-state index is -3.03. The number of carbonyl (C=O) groups is 2. The van der Waals surface area contributed by atoms with E-state index in [1.165, 1.54) is 6.26 Å². The number of amides is 2. The molecule has 2 aliphatic heterocycles. The van der Waals surface area contributed by atoms with E-state index in [0.29, 0.717) is 32.6 Å². The second-order valence-electron chi connectivity index (χ2n) is 7.63. The molecule has 0 aliphatic carbocycles.